The first-order chi connectivity index (χ1) is 6.26. The molecule has 0 bridgehead atoms. The molecule has 70 valence electrons. The number of nitrogens with one attached hydrogen (secondary N) is 1. The fraction of sp³-hybridized carbons (Fsp3) is 0.400. The Morgan fingerprint density at radius 1 is 1.69 bits per heavy atom. The number of hydrogen-bond donors (Lipinski definition) is 1. The Morgan fingerprint density at radius 2 is 2.46 bits per heavy atom. The lowest BCUT2D eigenvalue weighted by Gasteiger charge is -2.08. The van der Waals surface area contributed by atoms with Gasteiger partial charge in [-0.1, -0.05) is 24.4 Å². The number of halogens is 1. The van der Waals surface area contributed by atoms with E-state index < -0.39 is 0 Å². The van der Waals surface area contributed by atoms with Gasteiger partial charge in [-0.2, -0.15) is 0 Å². The van der Waals surface area contributed by atoms with Gasteiger partial charge in [-0.3, -0.25) is 5.32 Å². The van der Waals surface area contributed by atoms with Crippen LogP contribution in [0.5, 0.6) is 0 Å². The van der Waals surface area contributed by atoms with E-state index in [1.165, 1.54) is 4.88 Å². The highest BCUT2D eigenvalue weighted by Crippen LogP contribution is 2.21. The molecule has 1 heterocycles. The zero-order valence-electron chi connectivity index (χ0n) is 7.51. The van der Waals surface area contributed by atoms with Crippen LogP contribution in [0.25, 0.3) is 0 Å². The molecule has 0 spiro atoms. The van der Waals surface area contributed by atoms with Crippen LogP contribution in [0.2, 0.25) is 4.34 Å². The molecule has 0 amide bonds. The number of rotatable bonds is 4. The molecule has 1 nitrogen and oxygen atoms in total. The molecule has 1 N–H and O–H groups in total. The van der Waals surface area contributed by atoms with Crippen LogP contribution in [0, 0.1) is 12.3 Å². The van der Waals surface area contributed by atoms with Crippen LogP contribution in [0.1, 0.15) is 18.2 Å². The average Bonchev–Trinajstić information content (AvgIpc) is 2.53. The summed E-state index contributed by atoms with van der Waals surface area (Å²) >= 11 is 7.38. The van der Waals surface area contributed by atoms with Crippen LogP contribution in [0.4, 0.5) is 0 Å². The smallest absolute Gasteiger partial charge is 0.0931 e. The molecule has 1 atom stereocenters. The predicted molar refractivity (Wildman–Crippen MR) is 59.1 cm³/mol. The van der Waals surface area contributed by atoms with Crippen molar-refractivity contribution in [3.05, 3.63) is 21.3 Å². The van der Waals surface area contributed by atoms with E-state index in [0.717, 1.165) is 17.3 Å². The van der Waals surface area contributed by atoms with Gasteiger partial charge in [0.15, 0.2) is 0 Å². The minimum absolute atomic E-state index is 0.167. The van der Waals surface area contributed by atoms with Gasteiger partial charge in [0.1, 0.15) is 0 Å². The molecule has 13 heavy (non-hydrogen) atoms. The molecule has 0 saturated heterocycles. The van der Waals surface area contributed by atoms with Crippen LogP contribution < -0.4 is 5.32 Å². The lowest BCUT2D eigenvalue weighted by molar-refractivity contribution is 0.597. The van der Waals surface area contributed by atoms with Gasteiger partial charge in [0, 0.05) is 11.4 Å². The van der Waals surface area contributed by atoms with Crippen LogP contribution >= 0.6 is 22.9 Å². The molecule has 0 aliphatic carbocycles. The normalized spacial score (nSPS) is 12.4. The monoisotopic (exact) mass is 213 g/mol. The fourth-order valence-electron chi connectivity index (χ4n) is 0.992. The van der Waals surface area contributed by atoms with Crippen LogP contribution in [0.15, 0.2) is 12.1 Å². The maximum Gasteiger partial charge on any atom is 0.0931 e. The highest BCUT2D eigenvalue weighted by Gasteiger charge is 2.02. The van der Waals surface area contributed by atoms with Crippen molar-refractivity contribution in [3.63, 3.8) is 0 Å². The predicted octanol–water partition coefficient (Wildman–Crippen LogP) is 2.90. The van der Waals surface area contributed by atoms with Crippen LogP contribution in [-0.2, 0) is 6.54 Å². The van der Waals surface area contributed by atoms with Crippen molar-refractivity contribution in [1.82, 2.24) is 5.32 Å². The van der Waals surface area contributed by atoms with E-state index in [9.17, 15) is 0 Å². The molecule has 1 aromatic heterocycles. The van der Waals surface area contributed by atoms with Gasteiger partial charge >= 0.3 is 0 Å². The molecule has 1 unspecified atom stereocenters. The summed E-state index contributed by atoms with van der Waals surface area (Å²) in [4.78, 5) is 1.22. The van der Waals surface area contributed by atoms with E-state index in [2.05, 4.69) is 18.2 Å². The summed E-state index contributed by atoms with van der Waals surface area (Å²) < 4.78 is 0.825. The summed E-state index contributed by atoms with van der Waals surface area (Å²) in [6, 6.07) is 4.09. The Labute approximate surface area is 88.1 Å². The van der Waals surface area contributed by atoms with Gasteiger partial charge in [-0.25, -0.2) is 0 Å². The Hall–Kier alpha value is -0.490. The second-order valence-electron chi connectivity index (χ2n) is 2.71. The molecule has 1 rings (SSSR count). The molecule has 0 aliphatic rings. The molecule has 0 radical (unpaired) electrons. The zero-order chi connectivity index (χ0) is 9.68. The van der Waals surface area contributed by atoms with Gasteiger partial charge in [0.2, 0.25) is 0 Å². The van der Waals surface area contributed by atoms with Gasteiger partial charge in [-0.15, -0.1) is 17.8 Å². The van der Waals surface area contributed by atoms with Gasteiger partial charge in [-0.05, 0) is 18.6 Å². The molecule has 0 aliphatic heterocycles. The second kappa shape index (κ2) is 5.29. The van der Waals surface area contributed by atoms with Crippen LogP contribution in [0.3, 0.4) is 0 Å². The quantitative estimate of drug-likeness (QED) is 0.759. The number of terminal acetylenes is 1. The highest BCUT2D eigenvalue weighted by atomic mass is 35.5. The summed E-state index contributed by atoms with van der Waals surface area (Å²) in [5.41, 5.74) is 0. The van der Waals surface area contributed by atoms with Gasteiger partial charge < -0.3 is 0 Å². The highest BCUT2D eigenvalue weighted by molar-refractivity contribution is 7.16. The topological polar surface area (TPSA) is 12.0 Å². The third kappa shape index (κ3) is 3.40. The Bertz CT molecular complexity index is 300. The van der Waals surface area contributed by atoms with E-state index in [1.807, 2.05) is 12.1 Å². The third-order valence-corrected chi connectivity index (χ3v) is 2.99. The first-order valence-electron chi connectivity index (χ1n) is 4.20. The molecule has 3 heteroatoms. The fourth-order valence-corrected chi connectivity index (χ4v) is 2.03. The van der Waals surface area contributed by atoms with Crippen LogP contribution in [-0.4, -0.2) is 6.04 Å². The van der Waals surface area contributed by atoms with E-state index in [4.69, 9.17) is 18.0 Å². The maximum atomic E-state index is 5.79. The van der Waals surface area contributed by atoms with E-state index in [1.54, 1.807) is 11.3 Å². The molecule has 0 fully saturated rings. The van der Waals surface area contributed by atoms with Gasteiger partial charge in [0.25, 0.3) is 0 Å². The lowest BCUT2D eigenvalue weighted by atomic mass is 10.2. The summed E-state index contributed by atoms with van der Waals surface area (Å²) in [6.45, 7) is 2.87. The summed E-state index contributed by atoms with van der Waals surface area (Å²) in [7, 11) is 0. The minimum Gasteiger partial charge on any atom is -0.299 e. The summed E-state index contributed by atoms with van der Waals surface area (Å²) in [5.74, 6) is 2.69. The van der Waals surface area contributed by atoms with E-state index in [-0.39, 0.29) is 6.04 Å². The molecule has 0 saturated carbocycles. The van der Waals surface area contributed by atoms with Crippen molar-refractivity contribution in [3.8, 4) is 12.3 Å². The molecular formula is C10H12ClNS. The molecular weight excluding hydrogens is 202 g/mol. The summed E-state index contributed by atoms with van der Waals surface area (Å²) in [5, 5.41) is 3.26. The number of hydrogen-bond acceptors (Lipinski definition) is 2. The number of thiophene rings is 1. The van der Waals surface area contributed by atoms with Crippen molar-refractivity contribution >= 4 is 22.9 Å². The van der Waals surface area contributed by atoms with Crippen molar-refractivity contribution in [2.75, 3.05) is 0 Å². The average molecular weight is 214 g/mol. The van der Waals surface area contributed by atoms with Crippen molar-refractivity contribution in [1.29, 1.82) is 0 Å². The largest absolute Gasteiger partial charge is 0.299 e. The third-order valence-electron chi connectivity index (χ3n) is 1.76. The first-order valence-corrected chi connectivity index (χ1v) is 5.39. The Kier molecular flexibility index (Phi) is 4.31. The van der Waals surface area contributed by atoms with E-state index >= 15 is 0 Å². The minimum atomic E-state index is 0.167. The van der Waals surface area contributed by atoms with E-state index in [0.29, 0.717) is 0 Å². The van der Waals surface area contributed by atoms with Crippen molar-refractivity contribution in [2.24, 2.45) is 0 Å². The Morgan fingerprint density at radius 3 is 2.92 bits per heavy atom. The molecule has 0 aromatic carbocycles. The van der Waals surface area contributed by atoms with Crippen molar-refractivity contribution < 1.29 is 0 Å². The first kappa shape index (κ1) is 10.6. The maximum absolute atomic E-state index is 5.79. The van der Waals surface area contributed by atoms with Crippen molar-refractivity contribution in [2.45, 2.75) is 25.9 Å². The van der Waals surface area contributed by atoms with Gasteiger partial charge in [0.05, 0.1) is 10.4 Å². The zero-order valence-corrected chi connectivity index (χ0v) is 9.08. The standard InChI is InChI=1S/C10H12ClNS/c1-3-8(4-2)12-7-9-5-6-10(11)13-9/h1,5-6,8,12H,4,7H2,2H3. The Balaban J connectivity index is 2.39. The summed E-state index contributed by atoms with van der Waals surface area (Å²) in [6.07, 6.45) is 6.27. The lowest BCUT2D eigenvalue weighted by Crippen LogP contribution is -2.25. The second-order valence-corrected chi connectivity index (χ2v) is 4.51. The molecule has 1 aromatic rings. The SMILES string of the molecule is C#CC(CC)NCc1ccc(Cl)s1.